The summed E-state index contributed by atoms with van der Waals surface area (Å²) in [5.41, 5.74) is 3.30. The molecule has 1 aromatic carbocycles. The number of fused-ring (bicyclic) bond motifs is 1. The van der Waals surface area contributed by atoms with Crippen LogP contribution in [0.3, 0.4) is 0 Å². The van der Waals surface area contributed by atoms with Crippen LogP contribution in [0.2, 0.25) is 10.3 Å². The van der Waals surface area contributed by atoms with Crippen LogP contribution in [-0.4, -0.2) is 19.5 Å². The van der Waals surface area contributed by atoms with Crippen molar-refractivity contribution in [2.75, 3.05) is 0 Å². The Labute approximate surface area is 157 Å². The van der Waals surface area contributed by atoms with E-state index < -0.39 is 0 Å². The van der Waals surface area contributed by atoms with Crippen LogP contribution in [-0.2, 0) is 6.54 Å². The van der Waals surface area contributed by atoms with Gasteiger partial charge in [-0.2, -0.15) is 4.98 Å². The zero-order valence-electron chi connectivity index (χ0n) is 14.1. The summed E-state index contributed by atoms with van der Waals surface area (Å²) in [5.74, 6) is 1.52. The van der Waals surface area contributed by atoms with Gasteiger partial charge in [0, 0.05) is 17.1 Å². The Bertz CT molecular complexity index is 898. The van der Waals surface area contributed by atoms with Crippen LogP contribution in [0.25, 0.3) is 22.4 Å². The van der Waals surface area contributed by atoms with Gasteiger partial charge in [-0.3, -0.25) is 0 Å². The van der Waals surface area contributed by atoms with Gasteiger partial charge in [0.1, 0.15) is 11.2 Å². The van der Waals surface area contributed by atoms with E-state index in [0.717, 1.165) is 29.2 Å². The van der Waals surface area contributed by atoms with E-state index in [1.54, 1.807) is 0 Å². The van der Waals surface area contributed by atoms with Crippen molar-refractivity contribution >= 4 is 34.4 Å². The van der Waals surface area contributed by atoms with Crippen LogP contribution in [0, 0.1) is 11.8 Å². The predicted octanol–water partition coefficient (Wildman–Crippen LogP) is 5.63. The van der Waals surface area contributed by atoms with Gasteiger partial charge in [0.25, 0.3) is 0 Å². The summed E-state index contributed by atoms with van der Waals surface area (Å²) in [6.07, 6.45) is 7.01. The lowest BCUT2D eigenvalue weighted by atomic mass is 9.83. The third-order valence-corrected chi connectivity index (χ3v) is 5.54. The molecule has 1 saturated carbocycles. The molecule has 0 radical (unpaired) electrons. The van der Waals surface area contributed by atoms with Crippen molar-refractivity contribution in [1.29, 1.82) is 0 Å². The smallest absolute Gasteiger partial charge is 0.225 e. The van der Waals surface area contributed by atoms with E-state index >= 15 is 0 Å². The molecule has 25 heavy (non-hydrogen) atoms. The van der Waals surface area contributed by atoms with Crippen molar-refractivity contribution in [1.82, 2.24) is 19.5 Å². The second kappa shape index (κ2) is 6.93. The molecule has 2 aromatic heterocycles. The zero-order valence-corrected chi connectivity index (χ0v) is 15.6. The van der Waals surface area contributed by atoms with Gasteiger partial charge >= 0.3 is 0 Å². The molecule has 0 atom stereocenters. The Morgan fingerprint density at radius 2 is 1.92 bits per heavy atom. The van der Waals surface area contributed by atoms with Crippen LogP contribution in [0.5, 0.6) is 0 Å². The summed E-state index contributed by atoms with van der Waals surface area (Å²) in [7, 11) is 0. The van der Waals surface area contributed by atoms with Crippen molar-refractivity contribution in [3.05, 3.63) is 40.9 Å². The third-order valence-electron chi connectivity index (χ3n) is 5.13. The predicted molar refractivity (Wildman–Crippen MR) is 102 cm³/mol. The molecule has 0 spiro atoms. The minimum Gasteiger partial charge on any atom is -0.327 e. The lowest BCUT2D eigenvalue weighted by Crippen LogP contribution is -2.17. The highest BCUT2D eigenvalue weighted by molar-refractivity contribution is 6.31. The second-order valence-electron chi connectivity index (χ2n) is 7.05. The maximum absolute atomic E-state index is 6.17. The fourth-order valence-electron chi connectivity index (χ4n) is 3.72. The number of imidazole rings is 1. The van der Waals surface area contributed by atoms with Crippen LogP contribution >= 0.6 is 23.2 Å². The first-order chi connectivity index (χ1) is 12.1. The summed E-state index contributed by atoms with van der Waals surface area (Å²) in [5, 5.41) is 0.881. The van der Waals surface area contributed by atoms with Crippen molar-refractivity contribution in [3.63, 3.8) is 0 Å². The Morgan fingerprint density at radius 1 is 1.12 bits per heavy atom. The number of halogens is 2. The van der Waals surface area contributed by atoms with Gasteiger partial charge in [0.15, 0.2) is 5.65 Å². The van der Waals surface area contributed by atoms with Crippen molar-refractivity contribution in [2.45, 2.75) is 39.2 Å². The minimum absolute atomic E-state index is 0.208. The highest BCUT2D eigenvalue weighted by Crippen LogP contribution is 2.32. The molecule has 0 saturated heterocycles. The van der Waals surface area contributed by atoms with Crippen molar-refractivity contribution in [3.8, 4) is 11.3 Å². The number of nitrogens with zero attached hydrogens (tertiary/aromatic N) is 4. The average Bonchev–Trinajstić information content (AvgIpc) is 2.99. The normalized spacial score (nSPS) is 20.9. The van der Waals surface area contributed by atoms with E-state index in [9.17, 15) is 0 Å². The number of rotatable bonds is 3. The van der Waals surface area contributed by atoms with Crippen molar-refractivity contribution < 1.29 is 0 Å². The van der Waals surface area contributed by atoms with Gasteiger partial charge in [-0.25, -0.2) is 9.97 Å². The van der Waals surface area contributed by atoms with Crippen LogP contribution < -0.4 is 0 Å². The van der Waals surface area contributed by atoms with Crippen molar-refractivity contribution in [2.24, 2.45) is 11.8 Å². The summed E-state index contributed by atoms with van der Waals surface area (Å²) < 4.78 is 2.18. The molecule has 1 aliphatic rings. The van der Waals surface area contributed by atoms with Gasteiger partial charge in [0.2, 0.25) is 5.28 Å². The molecule has 1 aliphatic carbocycles. The maximum atomic E-state index is 6.17. The number of benzene rings is 1. The molecular weight excluding hydrogens is 355 g/mol. The van der Waals surface area contributed by atoms with E-state index in [4.69, 9.17) is 23.2 Å². The lowest BCUT2D eigenvalue weighted by Gasteiger charge is -2.26. The first-order valence-corrected chi connectivity index (χ1v) is 9.50. The average molecular weight is 375 g/mol. The van der Waals surface area contributed by atoms with E-state index in [0.29, 0.717) is 16.6 Å². The first kappa shape index (κ1) is 16.8. The molecule has 3 aromatic rings. The SMILES string of the molecule is CC1CCC(Cn2cnc3nc(Cl)nc(-c4cccc(Cl)c4)c32)CC1. The monoisotopic (exact) mass is 374 g/mol. The van der Waals surface area contributed by atoms with E-state index in [2.05, 4.69) is 26.4 Å². The van der Waals surface area contributed by atoms with Gasteiger partial charge in [-0.15, -0.1) is 0 Å². The molecule has 0 bridgehead atoms. The topological polar surface area (TPSA) is 43.6 Å². The largest absolute Gasteiger partial charge is 0.327 e. The quantitative estimate of drug-likeness (QED) is 0.558. The summed E-state index contributed by atoms with van der Waals surface area (Å²) in [6, 6.07) is 7.66. The Balaban J connectivity index is 1.76. The standard InChI is InChI=1S/C19H20Cl2N4/c1-12-5-7-13(8-6-12)10-25-11-22-18-17(25)16(23-19(21)24-18)14-3-2-4-15(20)9-14/h2-4,9,11-13H,5-8,10H2,1H3. The highest BCUT2D eigenvalue weighted by Gasteiger charge is 2.21. The summed E-state index contributed by atoms with van der Waals surface area (Å²) >= 11 is 12.3. The molecule has 6 heteroatoms. The molecule has 4 nitrogen and oxygen atoms in total. The second-order valence-corrected chi connectivity index (χ2v) is 7.82. The zero-order chi connectivity index (χ0) is 17.4. The Kier molecular flexibility index (Phi) is 4.65. The molecule has 1 fully saturated rings. The number of hydrogen-bond donors (Lipinski definition) is 0. The molecule has 130 valence electrons. The van der Waals surface area contributed by atoms with Crippen LogP contribution in [0.1, 0.15) is 32.6 Å². The Hall–Kier alpha value is -1.65. The first-order valence-electron chi connectivity index (χ1n) is 8.74. The fraction of sp³-hybridized carbons (Fsp3) is 0.421. The third kappa shape index (κ3) is 3.51. The molecular formula is C19H20Cl2N4. The highest BCUT2D eigenvalue weighted by atomic mass is 35.5. The lowest BCUT2D eigenvalue weighted by molar-refractivity contribution is 0.266. The number of aromatic nitrogens is 4. The molecule has 0 amide bonds. The fourth-order valence-corrected chi connectivity index (χ4v) is 4.07. The van der Waals surface area contributed by atoms with E-state index in [1.165, 1.54) is 25.7 Å². The number of hydrogen-bond acceptors (Lipinski definition) is 3. The maximum Gasteiger partial charge on any atom is 0.225 e. The van der Waals surface area contributed by atoms with Crippen LogP contribution in [0.15, 0.2) is 30.6 Å². The van der Waals surface area contributed by atoms with E-state index in [-0.39, 0.29) is 5.28 Å². The minimum atomic E-state index is 0.208. The van der Waals surface area contributed by atoms with Crippen LogP contribution in [0.4, 0.5) is 0 Å². The molecule has 2 heterocycles. The van der Waals surface area contributed by atoms with Gasteiger partial charge < -0.3 is 4.57 Å². The van der Waals surface area contributed by atoms with Gasteiger partial charge in [0.05, 0.1) is 6.33 Å². The Morgan fingerprint density at radius 3 is 2.68 bits per heavy atom. The van der Waals surface area contributed by atoms with E-state index in [1.807, 2.05) is 30.6 Å². The molecule has 0 N–H and O–H groups in total. The summed E-state index contributed by atoms with van der Waals surface area (Å²) in [4.78, 5) is 13.2. The summed E-state index contributed by atoms with van der Waals surface area (Å²) in [6.45, 7) is 3.29. The van der Waals surface area contributed by atoms with Gasteiger partial charge in [-0.1, -0.05) is 43.5 Å². The van der Waals surface area contributed by atoms with Gasteiger partial charge in [-0.05, 0) is 48.4 Å². The molecule has 0 aliphatic heterocycles. The molecule has 0 unspecified atom stereocenters. The molecule has 4 rings (SSSR count).